The van der Waals surface area contributed by atoms with Crippen molar-refractivity contribution in [2.24, 2.45) is 0 Å². The Morgan fingerprint density at radius 3 is 2.35 bits per heavy atom. The van der Waals surface area contributed by atoms with Crippen molar-refractivity contribution in [1.82, 2.24) is 0 Å². The standard InChI is InChI=1S/C16H21Cl3O3Si/c1-21-15-9-6-14(7-10-15)8-11-16(20)22-12-4-2-3-5-13-23(17,18)19/h6-11H,2-5,12-13H2,1H3/b11-8+. The van der Waals surface area contributed by atoms with Crippen molar-refractivity contribution < 1.29 is 14.3 Å². The predicted molar refractivity (Wildman–Crippen MR) is 99.6 cm³/mol. The Balaban J connectivity index is 2.13. The van der Waals surface area contributed by atoms with Crippen LogP contribution in [0.15, 0.2) is 30.3 Å². The summed E-state index contributed by atoms with van der Waals surface area (Å²) in [5.74, 6) is 0.441. The highest BCUT2D eigenvalue weighted by molar-refractivity contribution is 7.64. The fourth-order valence-corrected chi connectivity index (χ4v) is 3.73. The van der Waals surface area contributed by atoms with E-state index in [1.54, 1.807) is 13.2 Å². The highest BCUT2D eigenvalue weighted by Crippen LogP contribution is 2.27. The number of carbonyl (C=O) groups excluding carboxylic acids is 1. The van der Waals surface area contributed by atoms with Gasteiger partial charge in [-0.25, -0.2) is 4.79 Å². The van der Waals surface area contributed by atoms with Gasteiger partial charge in [-0.3, -0.25) is 0 Å². The van der Waals surface area contributed by atoms with E-state index in [9.17, 15) is 4.79 Å². The molecule has 0 amide bonds. The summed E-state index contributed by atoms with van der Waals surface area (Å²) >= 11 is 17.4. The summed E-state index contributed by atoms with van der Waals surface area (Å²) in [6.07, 6.45) is 6.83. The molecule has 0 N–H and O–H groups in total. The molecule has 1 aromatic rings. The van der Waals surface area contributed by atoms with Gasteiger partial charge in [-0.1, -0.05) is 31.4 Å². The summed E-state index contributed by atoms with van der Waals surface area (Å²) < 4.78 is 10.2. The number of methoxy groups -OCH3 is 1. The molecule has 1 aromatic carbocycles. The smallest absolute Gasteiger partial charge is 0.341 e. The van der Waals surface area contributed by atoms with Gasteiger partial charge in [0.2, 0.25) is 0 Å². The van der Waals surface area contributed by atoms with Crippen LogP contribution in [0.4, 0.5) is 0 Å². The van der Waals surface area contributed by atoms with Gasteiger partial charge in [0.15, 0.2) is 0 Å². The number of esters is 1. The van der Waals surface area contributed by atoms with E-state index in [0.29, 0.717) is 12.7 Å². The van der Waals surface area contributed by atoms with Gasteiger partial charge in [-0.15, -0.1) is 33.2 Å². The van der Waals surface area contributed by atoms with Crippen molar-refractivity contribution in [2.75, 3.05) is 13.7 Å². The van der Waals surface area contributed by atoms with Crippen LogP contribution in [0, 0.1) is 0 Å². The molecule has 7 heteroatoms. The third kappa shape index (κ3) is 10.7. The molecule has 0 aliphatic carbocycles. The van der Waals surface area contributed by atoms with Gasteiger partial charge in [0.05, 0.1) is 13.7 Å². The first-order valence-corrected chi connectivity index (χ1v) is 12.7. The second kappa shape index (κ2) is 11.0. The molecule has 0 saturated heterocycles. The molecule has 0 spiro atoms. The van der Waals surface area contributed by atoms with Gasteiger partial charge in [0.1, 0.15) is 5.75 Å². The molecule has 0 heterocycles. The Hall–Kier alpha value is -0.683. The second-order valence-electron chi connectivity index (χ2n) is 5.05. The Kier molecular flexibility index (Phi) is 9.71. The zero-order valence-corrected chi connectivity index (χ0v) is 16.3. The van der Waals surface area contributed by atoms with Gasteiger partial charge in [-0.2, -0.15) is 0 Å². The van der Waals surface area contributed by atoms with Gasteiger partial charge < -0.3 is 9.47 Å². The molecule has 1 rings (SSSR count). The number of rotatable bonds is 10. The van der Waals surface area contributed by atoms with Gasteiger partial charge >= 0.3 is 12.0 Å². The Bertz CT molecular complexity index is 498. The summed E-state index contributed by atoms with van der Waals surface area (Å²) in [5, 5.41) is 0. The lowest BCUT2D eigenvalue weighted by Gasteiger charge is -2.06. The fraction of sp³-hybridized carbons (Fsp3) is 0.438. The molecule has 0 unspecified atom stereocenters. The molecule has 23 heavy (non-hydrogen) atoms. The maximum absolute atomic E-state index is 11.6. The van der Waals surface area contributed by atoms with Gasteiger partial charge in [0, 0.05) is 6.08 Å². The normalized spacial score (nSPS) is 11.7. The number of benzene rings is 1. The lowest BCUT2D eigenvalue weighted by Crippen LogP contribution is -2.07. The zero-order chi connectivity index (χ0) is 17.1. The highest BCUT2D eigenvalue weighted by atomic mass is 35.8. The average Bonchev–Trinajstić information content (AvgIpc) is 2.51. The Labute approximate surface area is 152 Å². The molecule has 128 valence electrons. The van der Waals surface area contributed by atoms with Crippen molar-refractivity contribution in [3.8, 4) is 5.75 Å². The number of halogens is 3. The first kappa shape index (κ1) is 20.4. The lowest BCUT2D eigenvalue weighted by atomic mass is 10.2. The maximum atomic E-state index is 11.6. The SMILES string of the molecule is COc1ccc(/C=C/C(=O)OCCCCCC[Si](Cl)(Cl)Cl)cc1. The average molecular weight is 396 g/mol. The topological polar surface area (TPSA) is 35.5 Å². The van der Waals surface area contributed by atoms with Crippen molar-refractivity contribution in [3.05, 3.63) is 35.9 Å². The summed E-state index contributed by atoms with van der Waals surface area (Å²) in [6.45, 7) is 0.414. The van der Waals surface area contributed by atoms with E-state index in [1.807, 2.05) is 24.3 Å². The minimum absolute atomic E-state index is 0.338. The van der Waals surface area contributed by atoms with Crippen LogP contribution >= 0.6 is 33.2 Å². The van der Waals surface area contributed by atoms with E-state index in [0.717, 1.165) is 37.0 Å². The number of ether oxygens (including phenoxy) is 2. The first-order chi connectivity index (χ1) is 10.9. The van der Waals surface area contributed by atoms with E-state index >= 15 is 0 Å². The molecule has 0 fully saturated rings. The van der Waals surface area contributed by atoms with Gasteiger partial charge in [-0.05, 0) is 36.2 Å². The van der Waals surface area contributed by atoms with Crippen LogP contribution in [0.2, 0.25) is 6.04 Å². The van der Waals surface area contributed by atoms with Crippen molar-refractivity contribution in [2.45, 2.75) is 31.7 Å². The maximum Gasteiger partial charge on any atom is 0.341 e. The number of unbranched alkanes of at least 4 members (excludes halogenated alkanes) is 3. The third-order valence-corrected chi connectivity index (χ3v) is 5.75. The molecular formula is C16H21Cl3O3Si. The molecule has 0 bridgehead atoms. The monoisotopic (exact) mass is 394 g/mol. The second-order valence-corrected chi connectivity index (χ2v) is 14.3. The number of carbonyl (C=O) groups is 1. The lowest BCUT2D eigenvalue weighted by molar-refractivity contribution is -0.137. The number of hydrogen-bond donors (Lipinski definition) is 0. The van der Waals surface area contributed by atoms with E-state index in [4.69, 9.17) is 42.7 Å². The summed E-state index contributed by atoms with van der Waals surface area (Å²) in [5.41, 5.74) is 0.915. The summed E-state index contributed by atoms with van der Waals surface area (Å²) in [4.78, 5) is 11.6. The Morgan fingerprint density at radius 2 is 1.74 bits per heavy atom. The van der Waals surface area contributed by atoms with Crippen molar-refractivity contribution in [1.29, 1.82) is 0 Å². The molecule has 0 aliphatic heterocycles. The van der Waals surface area contributed by atoms with Crippen molar-refractivity contribution in [3.63, 3.8) is 0 Å². The molecule has 0 atom stereocenters. The van der Waals surface area contributed by atoms with E-state index < -0.39 is 6.00 Å². The van der Waals surface area contributed by atoms with Crippen LogP contribution in [0.3, 0.4) is 0 Å². The summed E-state index contributed by atoms with van der Waals surface area (Å²) in [7, 11) is 1.61. The molecule has 0 aromatic heterocycles. The van der Waals surface area contributed by atoms with Crippen LogP contribution < -0.4 is 4.74 Å². The van der Waals surface area contributed by atoms with Crippen LogP contribution in [0.5, 0.6) is 5.75 Å². The third-order valence-electron chi connectivity index (χ3n) is 3.13. The molecule has 0 saturated carbocycles. The zero-order valence-electron chi connectivity index (χ0n) is 13.1. The minimum Gasteiger partial charge on any atom is -0.497 e. The fourth-order valence-electron chi connectivity index (χ4n) is 1.88. The quantitative estimate of drug-likeness (QED) is 0.173. The van der Waals surface area contributed by atoms with Crippen LogP contribution in [-0.2, 0) is 9.53 Å². The number of hydrogen-bond acceptors (Lipinski definition) is 3. The van der Waals surface area contributed by atoms with Crippen LogP contribution in [0.25, 0.3) is 6.08 Å². The van der Waals surface area contributed by atoms with Crippen LogP contribution in [-0.4, -0.2) is 25.7 Å². The Morgan fingerprint density at radius 1 is 1.09 bits per heavy atom. The largest absolute Gasteiger partial charge is 0.497 e. The summed E-state index contributed by atoms with van der Waals surface area (Å²) in [6, 6.07) is 5.62. The van der Waals surface area contributed by atoms with E-state index in [-0.39, 0.29) is 5.97 Å². The molecule has 0 radical (unpaired) electrons. The predicted octanol–water partition coefficient (Wildman–Crippen LogP) is 5.47. The minimum atomic E-state index is -2.48. The molecular weight excluding hydrogens is 375 g/mol. The first-order valence-electron chi connectivity index (χ1n) is 7.46. The van der Waals surface area contributed by atoms with E-state index in [2.05, 4.69) is 0 Å². The van der Waals surface area contributed by atoms with Gasteiger partial charge in [0.25, 0.3) is 0 Å². The van der Waals surface area contributed by atoms with E-state index in [1.165, 1.54) is 6.08 Å². The highest BCUT2D eigenvalue weighted by Gasteiger charge is 2.23. The van der Waals surface area contributed by atoms with Crippen molar-refractivity contribution >= 4 is 51.3 Å². The molecule has 3 nitrogen and oxygen atoms in total. The molecule has 0 aliphatic rings. The van der Waals surface area contributed by atoms with Crippen LogP contribution in [0.1, 0.15) is 31.2 Å².